The quantitative estimate of drug-likeness (QED) is 0.421. The molecule has 1 aromatic rings. The second-order valence-corrected chi connectivity index (χ2v) is 6.91. The number of nitrogens with zero attached hydrogens (tertiary/aromatic N) is 2. The van der Waals surface area contributed by atoms with Gasteiger partial charge < -0.3 is 20.4 Å². The number of carbonyl (C=O) groups is 1. The Hall–Kier alpha value is -2.36. The first-order valence-corrected chi connectivity index (χ1v) is 8.82. The van der Waals surface area contributed by atoms with Crippen LogP contribution in [-0.2, 0) is 14.9 Å². The van der Waals surface area contributed by atoms with Crippen LogP contribution in [0.2, 0.25) is 0 Å². The molecule has 0 spiro atoms. The van der Waals surface area contributed by atoms with Gasteiger partial charge in [0.05, 0.1) is 31.7 Å². The van der Waals surface area contributed by atoms with Crippen LogP contribution in [0.4, 0.5) is 0 Å². The summed E-state index contributed by atoms with van der Waals surface area (Å²) in [6.45, 7) is 5.97. The number of morpholine rings is 1. The van der Waals surface area contributed by atoms with E-state index in [1.54, 1.807) is 36.1 Å². The van der Waals surface area contributed by atoms with Crippen molar-refractivity contribution in [3.05, 3.63) is 46.9 Å². The lowest BCUT2D eigenvalue weighted by Crippen LogP contribution is -3.11. The summed E-state index contributed by atoms with van der Waals surface area (Å²) >= 11 is 5.05. The first kappa shape index (κ1) is 20.0. The van der Waals surface area contributed by atoms with Gasteiger partial charge in [0.25, 0.3) is 0 Å². The van der Waals surface area contributed by atoms with E-state index in [9.17, 15) is 15.5 Å². The summed E-state index contributed by atoms with van der Waals surface area (Å²) < 4.78 is 5.12. The van der Waals surface area contributed by atoms with Crippen molar-refractivity contribution in [1.82, 2.24) is 5.32 Å². The molecule has 2 N–H and O–H groups in total. The lowest BCUT2D eigenvalue weighted by atomic mass is 9.65. The Balaban J connectivity index is 0.000000290. The van der Waals surface area contributed by atoms with E-state index in [0.29, 0.717) is 0 Å². The largest absolute Gasteiger partial charge is 0.763 e. The van der Waals surface area contributed by atoms with Gasteiger partial charge in [-0.2, -0.15) is 5.26 Å². The number of piperidine rings is 1. The highest BCUT2D eigenvalue weighted by molar-refractivity contribution is 7.80. The highest BCUT2D eigenvalue weighted by atomic mass is 32.1. The number of ether oxygens (including phenoxy) is 1. The third-order valence-corrected chi connectivity index (χ3v) is 5.09. The lowest BCUT2D eigenvalue weighted by Gasteiger charge is -2.39. The topological polar surface area (TPSA) is 88.9 Å². The van der Waals surface area contributed by atoms with Gasteiger partial charge in [0, 0.05) is 5.57 Å². The fraction of sp³-hybridized carbons (Fsp3) is 0.421. The van der Waals surface area contributed by atoms with Crippen LogP contribution in [-0.4, -0.2) is 50.1 Å². The van der Waals surface area contributed by atoms with Crippen LogP contribution in [0, 0.1) is 17.2 Å². The molecule has 2 atom stereocenters. The molecule has 2 aliphatic heterocycles. The van der Waals surface area contributed by atoms with E-state index in [2.05, 4.69) is 12.4 Å². The Morgan fingerprint density at radius 2 is 1.96 bits per heavy atom. The molecule has 6 nitrogen and oxygen atoms in total. The van der Waals surface area contributed by atoms with E-state index in [4.69, 9.17) is 17.0 Å². The van der Waals surface area contributed by atoms with Crippen molar-refractivity contribution >= 4 is 29.0 Å². The van der Waals surface area contributed by atoms with Crippen molar-refractivity contribution in [2.24, 2.45) is 5.92 Å². The first-order valence-electron chi connectivity index (χ1n) is 8.42. The molecule has 1 aromatic carbocycles. The monoisotopic (exact) mass is 370 g/mol. The second-order valence-electron chi connectivity index (χ2n) is 6.51. The minimum Gasteiger partial charge on any atom is -0.763 e. The Labute approximate surface area is 159 Å². The number of nitriles is 1. The van der Waals surface area contributed by atoms with Crippen molar-refractivity contribution < 1.29 is 14.4 Å². The van der Waals surface area contributed by atoms with E-state index in [-0.39, 0.29) is 10.6 Å². The molecule has 136 valence electrons. The van der Waals surface area contributed by atoms with Gasteiger partial charge in [-0.05, 0) is 12.5 Å². The second kappa shape index (κ2) is 8.84. The van der Waals surface area contributed by atoms with Crippen molar-refractivity contribution in [3.63, 3.8) is 0 Å². The van der Waals surface area contributed by atoms with Gasteiger partial charge in [-0.25, -0.2) is 0 Å². The minimum atomic E-state index is -1.01. The molecule has 2 unspecified atom stereocenters. The maximum Gasteiger partial charge on any atom is 0.243 e. The van der Waals surface area contributed by atoms with Gasteiger partial charge >= 0.3 is 0 Å². The summed E-state index contributed by atoms with van der Waals surface area (Å²) in [5.74, 6) is 0.601. The Morgan fingerprint density at radius 3 is 2.42 bits per heavy atom. The number of benzene rings is 1. The zero-order chi connectivity index (χ0) is 19.2. The molecule has 2 aliphatic rings. The molecule has 0 aliphatic carbocycles. The molecule has 0 saturated carbocycles. The number of amides is 1. The van der Waals surface area contributed by atoms with E-state index >= 15 is 0 Å². The van der Waals surface area contributed by atoms with Crippen LogP contribution >= 0.6 is 12.2 Å². The van der Waals surface area contributed by atoms with E-state index in [1.807, 2.05) is 18.0 Å². The third-order valence-electron chi connectivity index (χ3n) is 4.78. The minimum absolute atomic E-state index is 0.102. The molecule has 0 bridgehead atoms. The average molecular weight is 370 g/mol. The molecule has 2 saturated heterocycles. The smallest absolute Gasteiger partial charge is 0.243 e. The molecule has 7 heteroatoms. The number of nitrogens with one attached hydrogen (secondary N) is 2. The van der Waals surface area contributed by atoms with E-state index in [1.165, 1.54) is 13.1 Å². The van der Waals surface area contributed by atoms with Gasteiger partial charge in [0.1, 0.15) is 24.0 Å². The zero-order valence-electron chi connectivity index (χ0n) is 14.9. The van der Waals surface area contributed by atoms with Crippen LogP contribution in [0.25, 0.3) is 5.41 Å². The third kappa shape index (κ3) is 4.06. The van der Waals surface area contributed by atoms with Gasteiger partial charge in [-0.3, -0.25) is 10.7 Å². The molecule has 1 amide bonds. The fourth-order valence-corrected chi connectivity index (χ4v) is 3.42. The number of likely N-dealkylation sites (N-methyl/N-ethyl adjacent to an activating group) is 1. The van der Waals surface area contributed by atoms with Gasteiger partial charge in [0.15, 0.2) is 0 Å². The van der Waals surface area contributed by atoms with Crippen molar-refractivity contribution in [1.29, 1.82) is 5.26 Å². The highest BCUT2D eigenvalue weighted by Crippen LogP contribution is 2.40. The summed E-state index contributed by atoms with van der Waals surface area (Å²) in [6.07, 6.45) is 0. The summed E-state index contributed by atoms with van der Waals surface area (Å²) in [5, 5.41) is 21.0. The molecule has 26 heavy (non-hydrogen) atoms. The summed E-state index contributed by atoms with van der Waals surface area (Å²) in [4.78, 5) is 13.6. The van der Waals surface area contributed by atoms with Gasteiger partial charge in [-0.1, -0.05) is 42.5 Å². The molecule has 3 rings (SSSR count). The SMILES string of the molecule is CC1(c2ccccc2)C(=C=[N-])C(=S)NC(=O)C1C#N.C[NH+]1CCOCC1. The number of hydrogen-bond acceptors (Lipinski definition) is 4. The van der Waals surface area contributed by atoms with Crippen molar-refractivity contribution in [2.75, 3.05) is 33.4 Å². The summed E-state index contributed by atoms with van der Waals surface area (Å²) in [6, 6.07) is 11.0. The average Bonchev–Trinajstić information content (AvgIpc) is 2.64. The number of quaternary nitrogens is 1. The first-order chi connectivity index (χ1) is 12.4. The molecule has 2 fully saturated rings. The summed E-state index contributed by atoms with van der Waals surface area (Å²) in [7, 11) is 2.20. The van der Waals surface area contributed by atoms with Crippen LogP contribution in [0.5, 0.6) is 0 Å². The molecular weight excluding hydrogens is 348 g/mol. The van der Waals surface area contributed by atoms with Gasteiger partial charge in [0.2, 0.25) is 5.91 Å². The Bertz CT molecular complexity index is 761. The predicted molar refractivity (Wildman–Crippen MR) is 103 cm³/mol. The molecule has 0 radical (unpaired) electrons. The number of carbonyl (C=O) groups excluding carboxylic acids is 1. The number of rotatable bonds is 1. The van der Waals surface area contributed by atoms with Crippen LogP contribution in [0.15, 0.2) is 35.9 Å². The van der Waals surface area contributed by atoms with E-state index < -0.39 is 17.2 Å². The summed E-state index contributed by atoms with van der Waals surface area (Å²) in [5.41, 5.74) is -0.0281. The normalized spacial score (nSPS) is 26.0. The van der Waals surface area contributed by atoms with Crippen molar-refractivity contribution in [2.45, 2.75) is 12.3 Å². The fourth-order valence-electron chi connectivity index (χ4n) is 3.06. The van der Waals surface area contributed by atoms with Crippen LogP contribution < -0.4 is 10.2 Å². The highest BCUT2D eigenvalue weighted by Gasteiger charge is 2.48. The maximum atomic E-state index is 11.9. The predicted octanol–water partition coefficient (Wildman–Crippen LogP) is 0.238. The van der Waals surface area contributed by atoms with Crippen molar-refractivity contribution in [3.8, 4) is 6.07 Å². The number of thiocarbonyl (C=S) groups is 1. The Morgan fingerprint density at radius 1 is 1.35 bits per heavy atom. The molecular formula is C19H22N4O2S. The molecule has 2 heterocycles. The standard InChI is InChI=1S/C14H10N3OS.C5H11NO/c1-14(9-5-3-2-4-6-9)10(7-15)12(18)17-13(19)11(14)8-16;1-6-2-4-7-5-3-6/h2-6,10H,1H3,(H,17,18,19);2-5H2,1H3/q-1;/p+1. The Kier molecular flexibility index (Phi) is 6.78. The lowest BCUT2D eigenvalue weighted by molar-refractivity contribution is -0.888. The number of hydrogen-bond donors (Lipinski definition) is 2. The van der Waals surface area contributed by atoms with Crippen LogP contribution in [0.3, 0.4) is 0 Å². The molecule has 0 aromatic heterocycles. The van der Waals surface area contributed by atoms with E-state index in [0.717, 1.165) is 18.8 Å². The van der Waals surface area contributed by atoms with Gasteiger partial charge in [-0.15, -0.1) is 0 Å². The van der Waals surface area contributed by atoms with Crippen LogP contribution in [0.1, 0.15) is 12.5 Å². The zero-order valence-corrected chi connectivity index (χ0v) is 15.7. The maximum absolute atomic E-state index is 11.9.